The quantitative estimate of drug-likeness (QED) is 0.692. The zero-order valence-electron chi connectivity index (χ0n) is 15.7. The number of aliphatic carboxylic acids is 1. The predicted molar refractivity (Wildman–Crippen MR) is 97.3 cm³/mol. The van der Waals surface area contributed by atoms with Crippen LogP contribution in [0.15, 0.2) is 18.2 Å². The lowest BCUT2D eigenvalue weighted by molar-refractivity contribution is -0.147. The van der Waals surface area contributed by atoms with Gasteiger partial charge in [0.05, 0.1) is 12.0 Å². The number of ether oxygens (including phenoxy) is 2. The van der Waals surface area contributed by atoms with Crippen molar-refractivity contribution < 1.29 is 24.2 Å². The summed E-state index contributed by atoms with van der Waals surface area (Å²) in [6, 6.07) is 5.61. The maximum Gasteiger partial charge on any atom is 0.317 e. The molecular formula is C19H28N2O5. The molecule has 2 N–H and O–H groups in total. The van der Waals surface area contributed by atoms with Crippen LogP contribution in [0.5, 0.6) is 5.75 Å². The molecule has 0 radical (unpaired) electrons. The molecule has 1 unspecified atom stereocenters. The van der Waals surface area contributed by atoms with Crippen molar-refractivity contribution in [2.24, 2.45) is 5.41 Å². The normalized spacial score (nSPS) is 19.4. The topological polar surface area (TPSA) is 88.1 Å². The Balaban J connectivity index is 1.92. The summed E-state index contributed by atoms with van der Waals surface area (Å²) < 4.78 is 10.8. The van der Waals surface area contributed by atoms with E-state index >= 15 is 0 Å². The number of carboxylic acid groups (broad SMARTS) is 1. The van der Waals surface area contributed by atoms with Gasteiger partial charge in [0.2, 0.25) is 0 Å². The van der Waals surface area contributed by atoms with E-state index in [1.54, 1.807) is 18.9 Å². The maximum absolute atomic E-state index is 12.4. The number of urea groups is 1. The van der Waals surface area contributed by atoms with Crippen molar-refractivity contribution >= 4 is 12.0 Å². The van der Waals surface area contributed by atoms with Crippen LogP contribution in [0.2, 0.25) is 0 Å². The van der Waals surface area contributed by atoms with Gasteiger partial charge in [0, 0.05) is 45.3 Å². The van der Waals surface area contributed by atoms with Crippen molar-refractivity contribution in [2.75, 3.05) is 33.4 Å². The minimum atomic E-state index is -0.864. The molecular weight excluding hydrogens is 336 g/mol. The number of hydrogen-bond acceptors (Lipinski definition) is 4. The van der Waals surface area contributed by atoms with E-state index in [1.807, 2.05) is 25.1 Å². The average molecular weight is 364 g/mol. The molecule has 144 valence electrons. The number of aryl methyl sites for hydroxylation is 1. The number of nitrogens with one attached hydrogen (secondary N) is 1. The molecule has 1 aliphatic heterocycles. The summed E-state index contributed by atoms with van der Waals surface area (Å²) in [5, 5.41) is 12.1. The van der Waals surface area contributed by atoms with E-state index in [4.69, 9.17) is 9.47 Å². The summed E-state index contributed by atoms with van der Waals surface area (Å²) in [5.41, 5.74) is 1.11. The van der Waals surface area contributed by atoms with E-state index in [0.717, 1.165) is 23.3 Å². The van der Waals surface area contributed by atoms with Gasteiger partial charge in [-0.15, -0.1) is 0 Å². The molecule has 1 fully saturated rings. The lowest BCUT2D eigenvalue weighted by Crippen LogP contribution is -2.40. The van der Waals surface area contributed by atoms with Crippen LogP contribution in [-0.4, -0.2) is 55.4 Å². The van der Waals surface area contributed by atoms with Crippen LogP contribution in [0.3, 0.4) is 0 Å². The van der Waals surface area contributed by atoms with Crippen LogP contribution in [-0.2, 0) is 16.1 Å². The van der Waals surface area contributed by atoms with Crippen molar-refractivity contribution in [3.05, 3.63) is 29.3 Å². The number of carboxylic acids is 1. The fourth-order valence-corrected chi connectivity index (χ4v) is 2.92. The Morgan fingerprint density at radius 1 is 1.35 bits per heavy atom. The lowest BCUT2D eigenvalue weighted by Gasteiger charge is -2.21. The number of methoxy groups -OCH3 is 1. The summed E-state index contributed by atoms with van der Waals surface area (Å²) in [6.07, 6.45) is 1.26. The first-order valence-corrected chi connectivity index (χ1v) is 8.83. The summed E-state index contributed by atoms with van der Waals surface area (Å²) in [4.78, 5) is 25.2. The third-order valence-corrected chi connectivity index (χ3v) is 4.68. The number of benzene rings is 1. The molecule has 7 heteroatoms. The largest absolute Gasteiger partial charge is 0.493 e. The van der Waals surface area contributed by atoms with Gasteiger partial charge in [-0.2, -0.15) is 0 Å². The number of amides is 2. The maximum atomic E-state index is 12.4. The van der Waals surface area contributed by atoms with Gasteiger partial charge >= 0.3 is 12.0 Å². The second-order valence-electron chi connectivity index (χ2n) is 7.00. The molecule has 26 heavy (non-hydrogen) atoms. The molecule has 1 heterocycles. The highest BCUT2D eigenvalue weighted by Gasteiger charge is 2.42. The summed E-state index contributed by atoms with van der Waals surface area (Å²) in [7, 11) is 1.65. The van der Waals surface area contributed by atoms with Crippen molar-refractivity contribution in [1.82, 2.24) is 10.2 Å². The number of rotatable bonds is 8. The van der Waals surface area contributed by atoms with Crippen LogP contribution in [0, 0.1) is 12.3 Å². The van der Waals surface area contributed by atoms with Crippen LogP contribution in [0.4, 0.5) is 4.79 Å². The van der Waals surface area contributed by atoms with Crippen molar-refractivity contribution in [3.8, 4) is 5.75 Å². The third-order valence-electron chi connectivity index (χ3n) is 4.68. The summed E-state index contributed by atoms with van der Waals surface area (Å²) in [5.74, 6) is -0.115. The molecule has 2 rings (SSSR count). The number of likely N-dealkylation sites (tertiary alicyclic amines) is 1. The van der Waals surface area contributed by atoms with Gasteiger partial charge in [0.1, 0.15) is 5.75 Å². The first kappa shape index (κ1) is 20.0. The van der Waals surface area contributed by atoms with Gasteiger partial charge in [-0.1, -0.05) is 12.1 Å². The monoisotopic (exact) mass is 364 g/mol. The van der Waals surface area contributed by atoms with E-state index in [-0.39, 0.29) is 12.6 Å². The van der Waals surface area contributed by atoms with Gasteiger partial charge in [0.25, 0.3) is 0 Å². The molecule has 0 aliphatic carbocycles. The fraction of sp³-hybridized carbons (Fsp3) is 0.579. The van der Waals surface area contributed by atoms with Gasteiger partial charge in [0.15, 0.2) is 0 Å². The molecule has 1 aromatic rings. The Hall–Kier alpha value is -2.28. The van der Waals surface area contributed by atoms with Gasteiger partial charge in [-0.25, -0.2) is 4.79 Å². The minimum Gasteiger partial charge on any atom is -0.493 e. The van der Waals surface area contributed by atoms with Crippen LogP contribution in [0.1, 0.15) is 30.9 Å². The molecule has 0 bridgehead atoms. The summed E-state index contributed by atoms with van der Waals surface area (Å²) in [6.45, 7) is 5.84. The van der Waals surface area contributed by atoms with Gasteiger partial charge in [-0.3, -0.25) is 4.79 Å². The number of nitrogens with zero attached hydrogens (tertiary/aromatic N) is 1. The van der Waals surface area contributed by atoms with Crippen molar-refractivity contribution in [1.29, 1.82) is 0 Å². The molecule has 0 saturated carbocycles. The SMILES string of the molecule is COCCCOc1cc(C)ccc1CNC(=O)N1CCC(C)(C(=O)O)C1. The third kappa shape index (κ3) is 5.11. The molecule has 0 aromatic heterocycles. The Bertz CT molecular complexity index is 649. The molecule has 1 saturated heterocycles. The first-order valence-electron chi connectivity index (χ1n) is 8.83. The zero-order valence-corrected chi connectivity index (χ0v) is 15.7. The standard InChI is InChI=1S/C19H28N2O5/c1-14-5-6-15(16(11-14)26-10-4-9-25-3)12-20-18(24)21-8-7-19(2,13-21)17(22)23/h5-6,11H,4,7-10,12-13H2,1-3H3,(H,20,24)(H,22,23). The molecule has 7 nitrogen and oxygen atoms in total. The van der Waals surface area contributed by atoms with Gasteiger partial charge < -0.3 is 24.8 Å². The Morgan fingerprint density at radius 3 is 2.77 bits per heavy atom. The van der Waals surface area contributed by atoms with E-state index in [9.17, 15) is 14.7 Å². The predicted octanol–water partition coefficient (Wildman–Crippen LogP) is 2.42. The Labute approximate surface area is 154 Å². The van der Waals surface area contributed by atoms with Crippen LogP contribution in [0.25, 0.3) is 0 Å². The smallest absolute Gasteiger partial charge is 0.317 e. The minimum absolute atomic E-state index is 0.225. The zero-order chi connectivity index (χ0) is 19.2. The number of carbonyl (C=O) groups excluding carboxylic acids is 1. The van der Waals surface area contributed by atoms with Crippen LogP contribution >= 0.6 is 0 Å². The van der Waals surface area contributed by atoms with Crippen molar-refractivity contribution in [3.63, 3.8) is 0 Å². The number of hydrogen-bond donors (Lipinski definition) is 2. The lowest BCUT2D eigenvalue weighted by atomic mass is 9.90. The van der Waals surface area contributed by atoms with E-state index in [2.05, 4.69) is 5.32 Å². The highest BCUT2D eigenvalue weighted by Crippen LogP contribution is 2.30. The molecule has 1 aromatic carbocycles. The van der Waals surface area contributed by atoms with E-state index in [1.165, 1.54) is 0 Å². The molecule has 1 aliphatic rings. The molecule has 2 amide bonds. The summed E-state index contributed by atoms with van der Waals surface area (Å²) >= 11 is 0. The fourth-order valence-electron chi connectivity index (χ4n) is 2.92. The average Bonchev–Trinajstić information content (AvgIpc) is 3.01. The van der Waals surface area contributed by atoms with Gasteiger partial charge in [-0.05, 0) is 31.9 Å². The highest BCUT2D eigenvalue weighted by molar-refractivity contribution is 5.79. The second-order valence-corrected chi connectivity index (χ2v) is 7.00. The van der Waals surface area contributed by atoms with Crippen LogP contribution < -0.4 is 10.1 Å². The first-order chi connectivity index (χ1) is 12.4. The molecule has 1 atom stereocenters. The molecule has 0 spiro atoms. The van der Waals surface area contributed by atoms with Crippen molar-refractivity contribution in [2.45, 2.75) is 33.2 Å². The second kappa shape index (κ2) is 8.89. The Morgan fingerprint density at radius 2 is 2.12 bits per heavy atom. The van der Waals surface area contributed by atoms with E-state index < -0.39 is 11.4 Å². The van der Waals surface area contributed by atoms with E-state index in [0.29, 0.717) is 32.7 Å². The number of carbonyl (C=O) groups is 2. The highest BCUT2D eigenvalue weighted by atomic mass is 16.5. The Kier molecular flexibility index (Phi) is 6.85.